The number of rotatable bonds is 6. The van der Waals surface area contributed by atoms with E-state index in [0.29, 0.717) is 6.42 Å². The van der Waals surface area contributed by atoms with Crippen LogP contribution in [0.5, 0.6) is 0 Å². The number of hydrogen-bond acceptors (Lipinski definition) is 4. The molecule has 2 atom stereocenters. The highest BCUT2D eigenvalue weighted by molar-refractivity contribution is 5.79. The molecule has 118 valence electrons. The monoisotopic (exact) mass is 302 g/mol. The summed E-state index contributed by atoms with van der Waals surface area (Å²) < 4.78 is 5.13. The van der Waals surface area contributed by atoms with Gasteiger partial charge in [0.25, 0.3) is 0 Å². The fourth-order valence-corrected chi connectivity index (χ4v) is 2.43. The third-order valence-electron chi connectivity index (χ3n) is 3.84. The maximum Gasteiger partial charge on any atom is 0.223 e. The second-order valence-corrected chi connectivity index (χ2v) is 5.56. The third-order valence-corrected chi connectivity index (χ3v) is 3.84. The van der Waals surface area contributed by atoms with Gasteiger partial charge in [0.2, 0.25) is 5.91 Å². The van der Waals surface area contributed by atoms with Crippen molar-refractivity contribution < 1.29 is 14.4 Å². The Bertz CT molecular complexity index is 603. The Balaban J connectivity index is 2.01. The lowest BCUT2D eigenvalue weighted by molar-refractivity contribution is -0.125. The summed E-state index contributed by atoms with van der Waals surface area (Å²) in [7, 11) is 0. The van der Waals surface area contributed by atoms with Gasteiger partial charge in [0.15, 0.2) is 0 Å². The van der Waals surface area contributed by atoms with E-state index in [1.54, 1.807) is 0 Å². The molecule has 2 rings (SSSR count). The zero-order chi connectivity index (χ0) is 16.1. The van der Waals surface area contributed by atoms with E-state index in [4.69, 9.17) is 4.52 Å². The van der Waals surface area contributed by atoms with Gasteiger partial charge in [-0.1, -0.05) is 42.4 Å². The Hall–Kier alpha value is -2.14. The molecule has 1 aromatic heterocycles. The van der Waals surface area contributed by atoms with Crippen molar-refractivity contribution in [3.63, 3.8) is 0 Å². The predicted molar refractivity (Wildman–Crippen MR) is 83.3 cm³/mol. The average Bonchev–Trinajstić information content (AvgIpc) is 2.85. The number of hydrogen-bond donors (Lipinski definition) is 2. The molecule has 0 aliphatic carbocycles. The number of nitrogens with zero attached hydrogens (tertiary/aromatic N) is 1. The number of carbonyl (C=O) groups is 1. The van der Waals surface area contributed by atoms with Crippen LogP contribution in [0.2, 0.25) is 0 Å². The highest BCUT2D eigenvalue weighted by atomic mass is 16.5. The smallest absolute Gasteiger partial charge is 0.223 e. The molecule has 0 aliphatic heterocycles. The predicted octanol–water partition coefficient (Wildman–Crippen LogP) is 2.32. The molecule has 0 saturated carbocycles. The van der Waals surface area contributed by atoms with Crippen LogP contribution in [0.4, 0.5) is 0 Å². The first-order chi connectivity index (χ1) is 10.5. The number of nitrogens with one attached hydrogen (secondary N) is 1. The second kappa shape index (κ2) is 7.22. The average molecular weight is 302 g/mol. The van der Waals surface area contributed by atoms with E-state index in [-0.39, 0.29) is 24.5 Å². The van der Waals surface area contributed by atoms with Crippen LogP contribution in [0.1, 0.15) is 35.5 Å². The van der Waals surface area contributed by atoms with Gasteiger partial charge in [0.1, 0.15) is 5.76 Å². The van der Waals surface area contributed by atoms with E-state index >= 15 is 0 Å². The molecule has 22 heavy (non-hydrogen) atoms. The van der Waals surface area contributed by atoms with Gasteiger partial charge in [-0.2, -0.15) is 0 Å². The molecule has 0 radical (unpaired) electrons. The van der Waals surface area contributed by atoms with Crippen LogP contribution >= 0.6 is 0 Å². The summed E-state index contributed by atoms with van der Waals surface area (Å²) in [6, 6.07) is 9.07. The molecule has 5 heteroatoms. The lowest BCUT2D eigenvalue weighted by Gasteiger charge is -2.19. The zero-order valence-electron chi connectivity index (χ0n) is 13.2. The van der Waals surface area contributed by atoms with Crippen molar-refractivity contribution in [2.75, 3.05) is 6.61 Å². The van der Waals surface area contributed by atoms with Crippen molar-refractivity contribution >= 4 is 5.91 Å². The third kappa shape index (κ3) is 3.74. The van der Waals surface area contributed by atoms with Crippen LogP contribution in [0, 0.1) is 19.8 Å². The van der Waals surface area contributed by atoms with E-state index in [2.05, 4.69) is 10.5 Å². The number of aliphatic hydroxyl groups is 1. The van der Waals surface area contributed by atoms with Gasteiger partial charge in [0.05, 0.1) is 18.3 Å². The first-order valence-corrected chi connectivity index (χ1v) is 7.40. The zero-order valence-corrected chi connectivity index (χ0v) is 13.2. The van der Waals surface area contributed by atoms with Gasteiger partial charge in [0, 0.05) is 11.5 Å². The van der Waals surface area contributed by atoms with Crippen LogP contribution < -0.4 is 5.32 Å². The number of aliphatic hydroxyl groups excluding tert-OH is 1. The van der Waals surface area contributed by atoms with Crippen LogP contribution in [0.25, 0.3) is 0 Å². The Morgan fingerprint density at radius 1 is 1.32 bits per heavy atom. The largest absolute Gasteiger partial charge is 0.394 e. The van der Waals surface area contributed by atoms with E-state index < -0.39 is 0 Å². The Morgan fingerprint density at radius 3 is 2.55 bits per heavy atom. The SMILES string of the molecule is Cc1noc(C)c1CC(C)C(=O)NC(CO)c1ccccc1. The molecule has 0 spiro atoms. The minimum absolute atomic E-state index is 0.0945. The van der Waals surface area contributed by atoms with Crippen LogP contribution in [0.3, 0.4) is 0 Å². The minimum atomic E-state index is -0.388. The molecule has 0 bridgehead atoms. The Morgan fingerprint density at radius 2 is 2.00 bits per heavy atom. The highest BCUT2D eigenvalue weighted by Crippen LogP contribution is 2.18. The Labute approximate surface area is 130 Å². The number of carbonyl (C=O) groups excluding carboxylic acids is 1. The summed E-state index contributed by atoms with van der Waals surface area (Å²) in [5, 5.41) is 16.3. The van der Waals surface area contributed by atoms with Crippen molar-refractivity contribution in [3.8, 4) is 0 Å². The van der Waals surface area contributed by atoms with Gasteiger partial charge in [-0.15, -0.1) is 0 Å². The molecule has 2 N–H and O–H groups in total. The highest BCUT2D eigenvalue weighted by Gasteiger charge is 2.21. The molecule has 0 fully saturated rings. The molecule has 0 saturated heterocycles. The number of benzene rings is 1. The van der Waals surface area contributed by atoms with E-state index in [1.165, 1.54) is 0 Å². The molecule has 2 unspecified atom stereocenters. The topological polar surface area (TPSA) is 75.4 Å². The van der Waals surface area contributed by atoms with Crippen molar-refractivity contribution in [1.82, 2.24) is 10.5 Å². The molecule has 1 heterocycles. The lowest BCUT2D eigenvalue weighted by Crippen LogP contribution is -2.35. The maximum absolute atomic E-state index is 12.4. The van der Waals surface area contributed by atoms with Gasteiger partial charge in [-0.05, 0) is 25.8 Å². The summed E-state index contributed by atoms with van der Waals surface area (Å²) in [6.45, 7) is 5.45. The molecular formula is C17H22N2O3. The van der Waals surface area contributed by atoms with Gasteiger partial charge < -0.3 is 14.9 Å². The molecule has 0 aliphatic rings. The summed E-state index contributed by atoms with van der Waals surface area (Å²) >= 11 is 0. The van der Waals surface area contributed by atoms with Crippen molar-refractivity contribution in [2.45, 2.75) is 33.2 Å². The number of aromatic nitrogens is 1. The summed E-state index contributed by atoms with van der Waals surface area (Å²) in [5.41, 5.74) is 2.68. The number of amides is 1. The van der Waals surface area contributed by atoms with Crippen molar-refractivity contribution in [3.05, 3.63) is 52.9 Å². The molecule has 1 amide bonds. The standard InChI is InChI=1S/C17H22N2O3/c1-11(9-15-12(2)19-22-13(15)3)17(21)18-16(10-20)14-7-5-4-6-8-14/h4-8,11,16,20H,9-10H2,1-3H3,(H,18,21). The van der Waals surface area contributed by atoms with E-state index in [0.717, 1.165) is 22.6 Å². The molecular weight excluding hydrogens is 280 g/mol. The Kier molecular flexibility index (Phi) is 5.33. The second-order valence-electron chi connectivity index (χ2n) is 5.56. The normalized spacial score (nSPS) is 13.6. The lowest BCUT2D eigenvalue weighted by atomic mass is 9.98. The van der Waals surface area contributed by atoms with Crippen molar-refractivity contribution in [2.24, 2.45) is 5.92 Å². The summed E-state index contributed by atoms with van der Waals surface area (Å²) in [6.07, 6.45) is 0.569. The van der Waals surface area contributed by atoms with Gasteiger partial charge in [-0.3, -0.25) is 4.79 Å². The summed E-state index contributed by atoms with van der Waals surface area (Å²) in [4.78, 5) is 12.4. The first-order valence-electron chi connectivity index (χ1n) is 7.40. The van der Waals surface area contributed by atoms with Crippen LogP contribution in [0.15, 0.2) is 34.9 Å². The first kappa shape index (κ1) is 16.2. The van der Waals surface area contributed by atoms with Crippen LogP contribution in [-0.4, -0.2) is 22.8 Å². The maximum atomic E-state index is 12.4. The summed E-state index contributed by atoms with van der Waals surface area (Å²) in [5.74, 6) is 0.427. The fraction of sp³-hybridized carbons (Fsp3) is 0.412. The molecule has 1 aromatic carbocycles. The van der Waals surface area contributed by atoms with E-state index in [1.807, 2.05) is 51.1 Å². The van der Waals surface area contributed by atoms with Crippen molar-refractivity contribution in [1.29, 1.82) is 0 Å². The molecule has 2 aromatic rings. The molecule has 5 nitrogen and oxygen atoms in total. The fourth-order valence-electron chi connectivity index (χ4n) is 2.43. The minimum Gasteiger partial charge on any atom is -0.394 e. The van der Waals surface area contributed by atoms with Gasteiger partial charge >= 0.3 is 0 Å². The van der Waals surface area contributed by atoms with Gasteiger partial charge in [-0.25, -0.2) is 0 Å². The quantitative estimate of drug-likeness (QED) is 0.858. The van der Waals surface area contributed by atoms with E-state index in [9.17, 15) is 9.90 Å². The van der Waals surface area contributed by atoms with Crippen LogP contribution in [-0.2, 0) is 11.2 Å². The number of aryl methyl sites for hydroxylation is 2.